The van der Waals surface area contributed by atoms with Gasteiger partial charge in [0.25, 0.3) is 5.91 Å². The summed E-state index contributed by atoms with van der Waals surface area (Å²) in [6.07, 6.45) is 2.19. The highest BCUT2D eigenvalue weighted by Gasteiger charge is 2.20. The van der Waals surface area contributed by atoms with Crippen LogP contribution in [0.15, 0.2) is 28.7 Å². The third-order valence-electron chi connectivity index (χ3n) is 3.33. The summed E-state index contributed by atoms with van der Waals surface area (Å²) in [6.45, 7) is 1.32. The smallest absolute Gasteiger partial charge is 0.265 e. The molecule has 1 amide bonds. The average molecular weight is 368 g/mol. The summed E-state index contributed by atoms with van der Waals surface area (Å²) in [7, 11) is 0. The van der Waals surface area contributed by atoms with Crippen molar-refractivity contribution in [3.05, 3.63) is 33.6 Å². The molecule has 0 radical (unpaired) electrons. The first-order chi connectivity index (χ1) is 10.2. The summed E-state index contributed by atoms with van der Waals surface area (Å²) in [5.41, 5.74) is 1.51. The van der Waals surface area contributed by atoms with Crippen molar-refractivity contribution in [1.29, 1.82) is 0 Å². The Morgan fingerprint density at radius 1 is 1.43 bits per heavy atom. The van der Waals surface area contributed by atoms with E-state index >= 15 is 0 Å². The van der Waals surface area contributed by atoms with Crippen molar-refractivity contribution < 1.29 is 9.53 Å². The average Bonchev–Trinajstić information content (AvgIpc) is 3.17. The molecule has 1 N–H and O–H groups in total. The first-order valence-corrected chi connectivity index (χ1v) is 8.29. The first kappa shape index (κ1) is 14.6. The fourth-order valence-electron chi connectivity index (χ4n) is 2.23. The summed E-state index contributed by atoms with van der Waals surface area (Å²) < 4.78 is 10.4. The minimum atomic E-state index is -0.140. The number of ether oxygens (including phenoxy) is 1. The number of nitrogens with zero attached hydrogens (tertiary/aromatic N) is 2. The van der Waals surface area contributed by atoms with Crippen LogP contribution in [0.25, 0.3) is 11.3 Å². The van der Waals surface area contributed by atoms with Gasteiger partial charge in [0, 0.05) is 23.2 Å². The maximum atomic E-state index is 12.3. The first-order valence-electron chi connectivity index (χ1n) is 6.72. The molecule has 0 aliphatic carbocycles. The molecule has 0 spiro atoms. The van der Waals surface area contributed by atoms with Crippen LogP contribution in [0.1, 0.15) is 22.5 Å². The highest BCUT2D eigenvalue weighted by Crippen LogP contribution is 2.25. The highest BCUT2D eigenvalue weighted by atomic mass is 79.9. The number of nitrogens with one attached hydrogen (secondary N) is 1. The van der Waals surface area contributed by atoms with Gasteiger partial charge in [0.15, 0.2) is 0 Å². The molecule has 1 aliphatic rings. The van der Waals surface area contributed by atoms with E-state index in [-0.39, 0.29) is 12.0 Å². The van der Waals surface area contributed by atoms with Gasteiger partial charge in [-0.15, -0.1) is 5.10 Å². The molecule has 1 saturated heterocycles. The number of amides is 1. The normalized spacial score (nSPS) is 17.9. The van der Waals surface area contributed by atoms with Crippen LogP contribution in [0.3, 0.4) is 0 Å². The number of halogens is 1. The summed E-state index contributed by atoms with van der Waals surface area (Å²) in [5, 5.41) is 6.98. The fraction of sp³-hybridized carbons (Fsp3) is 0.357. The maximum absolute atomic E-state index is 12.3. The highest BCUT2D eigenvalue weighted by molar-refractivity contribution is 9.10. The van der Waals surface area contributed by atoms with Crippen molar-refractivity contribution in [2.24, 2.45) is 0 Å². The van der Waals surface area contributed by atoms with E-state index in [0.29, 0.717) is 17.1 Å². The van der Waals surface area contributed by atoms with E-state index in [0.717, 1.165) is 41.0 Å². The number of carbonyl (C=O) groups excluding carboxylic acids is 1. The van der Waals surface area contributed by atoms with Gasteiger partial charge < -0.3 is 10.1 Å². The van der Waals surface area contributed by atoms with Gasteiger partial charge in [0.2, 0.25) is 0 Å². The summed E-state index contributed by atoms with van der Waals surface area (Å²) in [5.74, 6) is -0.140. The summed E-state index contributed by atoms with van der Waals surface area (Å²) in [4.78, 5) is 12.8. The Balaban J connectivity index is 1.72. The molecule has 0 unspecified atom stereocenters. The van der Waals surface area contributed by atoms with Crippen molar-refractivity contribution in [3.8, 4) is 11.3 Å². The summed E-state index contributed by atoms with van der Waals surface area (Å²) in [6, 6.07) is 7.67. The molecule has 0 saturated carbocycles. The molecular weight excluding hydrogens is 354 g/mol. The van der Waals surface area contributed by atoms with Gasteiger partial charge in [0.05, 0.1) is 6.10 Å². The molecule has 21 heavy (non-hydrogen) atoms. The Hall–Kier alpha value is -1.31. The van der Waals surface area contributed by atoms with E-state index < -0.39 is 0 Å². The molecule has 0 bridgehead atoms. The lowest BCUT2D eigenvalue weighted by atomic mass is 10.1. The van der Waals surface area contributed by atoms with Crippen LogP contribution < -0.4 is 5.32 Å². The van der Waals surface area contributed by atoms with Crippen LogP contribution in [0.5, 0.6) is 0 Å². The molecule has 2 heterocycles. The number of benzene rings is 1. The van der Waals surface area contributed by atoms with E-state index in [1.807, 2.05) is 24.3 Å². The van der Waals surface area contributed by atoms with E-state index in [2.05, 4.69) is 30.8 Å². The van der Waals surface area contributed by atoms with Crippen molar-refractivity contribution in [3.63, 3.8) is 0 Å². The lowest BCUT2D eigenvalue weighted by Crippen LogP contribution is -2.31. The van der Waals surface area contributed by atoms with Crippen molar-refractivity contribution in [1.82, 2.24) is 14.9 Å². The van der Waals surface area contributed by atoms with Crippen LogP contribution in [-0.4, -0.2) is 34.7 Å². The van der Waals surface area contributed by atoms with Gasteiger partial charge in [0.1, 0.15) is 10.6 Å². The minimum Gasteiger partial charge on any atom is -0.376 e. The second-order valence-corrected chi connectivity index (χ2v) is 6.47. The zero-order valence-corrected chi connectivity index (χ0v) is 13.6. The van der Waals surface area contributed by atoms with Crippen molar-refractivity contribution in [2.75, 3.05) is 13.2 Å². The molecule has 1 aliphatic heterocycles. The van der Waals surface area contributed by atoms with Crippen LogP contribution in [0.4, 0.5) is 0 Å². The lowest BCUT2D eigenvalue weighted by molar-refractivity contribution is 0.0861. The zero-order valence-electron chi connectivity index (χ0n) is 11.2. The number of carbonyl (C=O) groups is 1. The Bertz CT molecular complexity index is 623. The molecular formula is C14H14BrN3O2S. The number of hydrogen-bond acceptors (Lipinski definition) is 5. The van der Waals surface area contributed by atoms with Gasteiger partial charge in [-0.25, -0.2) is 0 Å². The monoisotopic (exact) mass is 367 g/mol. The zero-order chi connectivity index (χ0) is 14.7. The Kier molecular flexibility index (Phi) is 4.62. The standard InChI is InChI=1S/C14H14BrN3O2S/c15-10-5-3-9(4-6-10)12-13(21-18-17-12)14(19)16-8-11-2-1-7-20-11/h3-6,11H,1-2,7-8H2,(H,16,19)/t11-/m0/s1. The van der Waals surface area contributed by atoms with Gasteiger partial charge in [-0.3, -0.25) is 4.79 Å². The SMILES string of the molecule is O=C(NC[C@@H]1CCCO1)c1snnc1-c1ccc(Br)cc1. The van der Waals surface area contributed by atoms with Crippen LogP contribution in [0.2, 0.25) is 0 Å². The molecule has 1 aromatic heterocycles. The third-order valence-corrected chi connectivity index (χ3v) is 4.58. The largest absolute Gasteiger partial charge is 0.376 e. The minimum absolute atomic E-state index is 0.131. The van der Waals surface area contributed by atoms with Crippen molar-refractivity contribution >= 4 is 33.4 Å². The Labute approximate surface area is 135 Å². The Morgan fingerprint density at radius 2 is 2.24 bits per heavy atom. The molecule has 110 valence electrons. The molecule has 7 heteroatoms. The van der Waals surface area contributed by atoms with E-state index in [1.165, 1.54) is 0 Å². The number of hydrogen-bond donors (Lipinski definition) is 1. The van der Waals surface area contributed by atoms with E-state index in [4.69, 9.17) is 4.74 Å². The summed E-state index contributed by atoms with van der Waals surface area (Å²) >= 11 is 4.51. The van der Waals surface area contributed by atoms with Gasteiger partial charge in [-0.2, -0.15) is 0 Å². The predicted octanol–water partition coefficient (Wildman–Crippen LogP) is 2.88. The van der Waals surface area contributed by atoms with Crippen LogP contribution in [0, 0.1) is 0 Å². The lowest BCUT2D eigenvalue weighted by Gasteiger charge is -2.10. The third kappa shape index (κ3) is 3.48. The van der Waals surface area contributed by atoms with E-state index in [9.17, 15) is 4.79 Å². The molecule has 1 fully saturated rings. The molecule has 1 aromatic carbocycles. The quantitative estimate of drug-likeness (QED) is 0.902. The van der Waals surface area contributed by atoms with Gasteiger partial charge in [-0.05, 0) is 36.5 Å². The molecule has 3 rings (SSSR count). The van der Waals surface area contributed by atoms with Crippen LogP contribution >= 0.6 is 27.5 Å². The second kappa shape index (κ2) is 6.64. The molecule has 2 aromatic rings. The molecule has 1 atom stereocenters. The second-order valence-electron chi connectivity index (χ2n) is 4.80. The topological polar surface area (TPSA) is 64.1 Å². The van der Waals surface area contributed by atoms with E-state index in [1.54, 1.807) is 0 Å². The molecule has 5 nitrogen and oxygen atoms in total. The Morgan fingerprint density at radius 3 is 2.95 bits per heavy atom. The maximum Gasteiger partial charge on any atom is 0.265 e. The van der Waals surface area contributed by atoms with Crippen LogP contribution in [-0.2, 0) is 4.74 Å². The van der Waals surface area contributed by atoms with Crippen molar-refractivity contribution in [2.45, 2.75) is 18.9 Å². The van der Waals surface area contributed by atoms with Gasteiger partial charge >= 0.3 is 0 Å². The van der Waals surface area contributed by atoms with Gasteiger partial charge in [-0.1, -0.05) is 32.6 Å². The number of rotatable bonds is 4. The number of aromatic nitrogens is 2. The fourth-order valence-corrected chi connectivity index (χ4v) is 3.10. The predicted molar refractivity (Wildman–Crippen MR) is 84.4 cm³/mol.